The summed E-state index contributed by atoms with van der Waals surface area (Å²) in [6.45, 7) is 0.441. The fourth-order valence-electron chi connectivity index (χ4n) is 1.54. The molecule has 0 fully saturated rings. The van der Waals surface area contributed by atoms with E-state index in [-0.39, 0.29) is 6.61 Å². The Morgan fingerprint density at radius 1 is 1.20 bits per heavy atom. The Hall–Kier alpha value is -0.940. The van der Waals surface area contributed by atoms with Crippen molar-refractivity contribution in [1.29, 1.82) is 0 Å². The van der Waals surface area contributed by atoms with Crippen LogP contribution in [-0.2, 0) is 22.7 Å². The molecule has 4 nitrogen and oxygen atoms in total. The van der Waals surface area contributed by atoms with E-state index in [1.807, 2.05) is 24.3 Å². The first-order chi connectivity index (χ1) is 7.31. The Kier molecular flexibility index (Phi) is 3.33. The molecule has 1 atom stereocenters. The van der Waals surface area contributed by atoms with Crippen LogP contribution in [0.25, 0.3) is 0 Å². The minimum absolute atomic E-state index is 0.360. The summed E-state index contributed by atoms with van der Waals surface area (Å²) in [5.41, 5.74) is 2.12. The van der Waals surface area contributed by atoms with Crippen LogP contribution in [0.3, 0.4) is 0 Å². The molecular formula is C11H14O4. The van der Waals surface area contributed by atoms with Gasteiger partial charge in [0.05, 0.1) is 19.8 Å². The molecular weight excluding hydrogens is 196 g/mol. The minimum atomic E-state index is -0.987. The summed E-state index contributed by atoms with van der Waals surface area (Å²) in [5.74, 6) is 0. The average Bonchev–Trinajstić information content (AvgIpc) is 2.50. The third kappa shape index (κ3) is 2.35. The highest BCUT2D eigenvalue weighted by atomic mass is 16.7. The molecule has 2 rings (SSSR count). The van der Waals surface area contributed by atoms with E-state index in [9.17, 15) is 5.11 Å². The Bertz CT molecular complexity index is 299. The van der Waals surface area contributed by atoms with Crippen molar-refractivity contribution in [3.05, 3.63) is 35.4 Å². The largest absolute Gasteiger partial charge is 0.393 e. The van der Waals surface area contributed by atoms with Gasteiger partial charge in [-0.05, 0) is 11.1 Å². The Balaban J connectivity index is 2.08. The molecule has 1 aliphatic heterocycles. The van der Waals surface area contributed by atoms with E-state index in [4.69, 9.17) is 14.6 Å². The number of ether oxygens (including phenoxy) is 2. The summed E-state index contributed by atoms with van der Waals surface area (Å²) >= 11 is 0. The summed E-state index contributed by atoms with van der Waals surface area (Å²) in [6, 6.07) is 7.80. The van der Waals surface area contributed by atoms with Crippen LogP contribution in [0, 0.1) is 0 Å². The normalized spacial score (nSPS) is 19.3. The summed E-state index contributed by atoms with van der Waals surface area (Å²) in [7, 11) is 0. The molecule has 1 aliphatic rings. The van der Waals surface area contributed by atoms with Gasteiger partial charge in [-0.15, -0.1) is 0 Å². The predicted octanol–water partition coefficient (Wildman–Crippen LogP) is 0.413. The van der Waals surface area contributed by atoms with E-state index in [2.05, 4.69) is 0 Å². The van der Waals surface area contributed by atoms with Gasteiger partial charge in [0.1, 0.15) is 6.10 Å². The van der Waals surface area contributed by atoms with Gasteiger partial charge >= 0.3 is 0 Å². The number of hydrogen-bond donors (Lipinski definition) is 2. The summed E-state index contributed by atoms with van der Waals surface area (Å²) in [6.07, 6.45) is -1.73. The molecule has 15 heavy (non-hydrogen) atoms. The van der Waals surface area contributed by atoms with Crippen LogP contribution in [0.5, 0.6) is 0 Å². The van der Waals surface area contributed by atoms with Crippen molar-refractivity contribution in [3.8, 4) is 0 Å². The fraction of sp³-hybridized carbons (Fsp3) is 0.455. The quantitative estimate of drug-likeness (QED) is 0.742. The van der Waals surface area contributed by atoms with Gasteiger partial charge in [0.25, 0.3) is 0 Å². The van der Waals surface area contributed by atoms with E-state index in [0.29, 0.717) is 13.2 Å². The maximum atomic E-state index is 9.39. The molecule has 82 valence electrons. The van der Waals surface area contributed by atoms with Gasteiger partial charge in [-0.3, -0.25) is 0 Å². The lowest BCUT2D eigenvalue weighted by Gasteiger charge is -2.19. The van der Waals surface area contributed by atoms with E-state index in [1.54, 1.807) is 0 Å². The maximum Gasteiger partial charge on any atom is 0.186 e. The topological polar surface area (TPSA) is 58.9 Å². The number of aliphatic hydroxyl groups is 2. The predicted molar refractivity (Wildman–Crippen MR) is 52.9 cm³/mol. The van der Waals surface area contributed by atoms with Gasteiger partial charge < -0.3 is 19.7 Å². The van der Waals surface area contributed by atoms with Crippen molar-refractivity contribution >= 4 is 0 Å². The van der Waals surface area contributed by atoms with Gasteiger partial charge in [0, 0.05) is 0 Å². The third-order valence-corrected chi connectivity index (χ3v) is 2.43. The van der Waals surface area contributed by atoms with Gasteiger partial charge in [-0.25, -0.2) is 0 Å². The van der Waals surface area contributed by atoms with Gasteiger partial charge in [0.2, 0.25) is 0 Å². The zero-order chi connectivity index (χ0) is 10.7. The number of benzene rings is 1. The smallest absolute Gasteiger partial charge is 0.186 e. The van der Waals surface area contributed by atoms with Crippen molar-refractivity contribution < 1.29 is 19.7 Å². The summed E-state index contributed by atoms with van der Waals surface area (Å²) < 4.78 is 10.7. The molecule has 0 amide bonds. The molecule has 0 aromatic heterocycles. The zero-order valence-electron chi connectivity index (χ0n) is 8.30. The Morgan fingerprint density at radius 2 is 1.73 bits per heavy atom. The third-order valence-electron chi connectivity index (χ3n) is 2.43. The minimum Gasteiger partial charge on any atom is -0.393 e. The van der Waals surface area contributed by atoms with Crippen LogP contribution in [0.15, 0.2) is 24.3 Å². The molecule has 1 aromatic rings. The van der Waals surface area contributed by atoms with Crippen LogP contribution < -0.4 is 0 Å². The lowest BCUT2D eigenvalue weighted by Crippen LogP contribution is -2.33. The fourth-order valence-corrected chi connectivity index (χ4v) is 1.54. The van der Waals surface area contributed by atoms with Gasteiger partial charge in [-0.2, -0.15) is 0 Å². The van der Waals surface area contributed by atoms with Crippen molar-refractivity contribution in [2.24, 2.45) is 0 Å². The maximum absolute atomic E-state index is 9.39. The van der Waals surface area contributed by atoms with Gasteiger partial charge in [0.15, 0.2) is 6.29 Å². The second-order valence-corrected chi connectivity index (χ2v) is 3.51. The highest BCUT2D eigenvalue weighted by Gasteiger charge is 2.23. The lowest BCUT2D eigenvalue weighted by atomic mass is 10.1. The van der Waals surface area contributed by atoms with Crippen molar-refractivity contribution in [2.45, 2.75) is 25.6 Å². The second-order valence-electron chi connectivity index (χ2n) is 3.51. The molecule has 0 aliphatic carbocycles. The molecule has 1 heterocycles. The molecule has 0 bridgehead atoms. The van der Waals surface area contributed by atoms with Crippen LogP contribution >= 0.6 is 0 Å². The number of aliphatic hydroxyl groups excluding tert-OH is 2. The highest BCUT2D eigenvalue weighted by molar-refractivity contribution is 5.26. The first-order valence-corrected chi connectivity index (χ1v) is 4.90. The van der Waals surface area contributed by atoms with Crippen LogP contribution in [0.4, 0.5) is 0 Å². The van der Waals surface area contributed by atoms with Crippen molar-refractivity contribution in [3.63, 3.8) is 0 Å². The monoisotopic (exact) mass is 210 g/mol. The molecule has 4 heteroatoms. The van der Waals surface area contributed by atoms with E-state index in [1.165, 1.54) is 0 Å². The molecule has 0 spiro atoms. The number of fused-ring (bicyclic) bond motifs is 1. The number of hydrogen-bond acceptors (Lipinski definition) is 4. The second kappa shape index (κ2) is 4.72. The Labute approximate surface area is 88.1 Å². The summed E-state index contributed by atoms with van der Waals surface area (Å²) in [4.78, 5) is 0. The van der Waals surface area contributed by atoms with E-state index >= 15 is 0 Å². The molecule has 0 radical (unpaired) electrons. The number of rotatable bonds is 2. The summed E-state index contributed by atoms with van der Waals surface area (Å²) in [5, 5.41) is 18.2. The first kappa shape index (κ1) is 10.6. The lowest BCUT2D eigenvalue weighted by molar-refractivity contribution is -0.206. The van der Waals surface area contributed by atoms with Crippen molar-refractivity contribution in [2.75, 3.05) is 6.61 Å². The molecule has 1 aromatic carbocycles. The molecule has 0 saturated carbocycles. The zero-order valence-corrected chi connectivity index (χ0v) is 8.30. The first-order valence-electron chi connectivity index (χ1n) is 4.90. The molecule has 2 N–H and O–H groups in total. The van der Waals surface area contributed by atoms with Crippen LogP contribution in [0.2, 0.25) is 0 Å². The Morgan fingerprint density at radius 3 is 2.20 bits per heavy atom. The van der Waals surface area contributed by atoms with E-state index in [0.717, 1.165) is 11.1 Å². The van der Waals surface area contributed by atoms with Crippen LogP contribution in [-0.4, -0.2) is 29.2 Å². The van der Waals surface area contributed by atoms with Gasteiger partial charge in [-0.1, -0.05) is 24.3 Å². The molecule has 0 unspecified atom stereocenters. The highest BCUT2D eigenvalue weighted by Crippen LogP contribution is 2.19. The van der Waals surface area contributed by atoms with Crippen molar-refractivity contribution in [1.82, 2.24) is 0 Å². The van der Waals surface area contributed by atoms with Crippen LogP contribution in [0.1, 0.15) is 11.1 Å². The SMILES string of the molecule is OC[C@H](O)C1OCc2ccccc2CO1. The average molecular weight is 210 g/mol. The standard InChI is InChI=1S/C11H14O4/c12-5-10(13)11-14-6-8-3-1-2-4-9(8)7-15-11/h1-4,10-13H,5-7H2/t10-/m0/s1. The molecule has 0 saturated heterocycles. The van der Waals surface area contributed by atoms with E-state index < -0.39 is 12.4 Å².